The number of aryl methyl sites for hydroxylation is 1. The van der Waals surface area contributed by atoms with Gasteiger partial charge in [0.25, 0.3) is 0 Å². The summed E-state index contributed by atoms with van der Waals surface area (Å²) in [5, 5.41) is 18.9. The van der Waals surface area contributed by atoms with E-state index in [9.17, 15) is 28.2 Å². The lowest BCUT2D eigenvalue weighted by Crippen LogP contribution is -2.35. The number of rotatable bonds is 15. The van der Waals surface area contributed by atoms with Crippen molar-refractivity contribution in [1.29, 1.82) is 0 Å². The molecule has 0 aliphatic rings. The number of ether oxygens (including phenoxy) is 1. The Morgan fingerprint density at radius 1 is 1.11 bits per heavy atom. The number of nitrogens with zero attached hydrogens (tertiary/aromatic N) is 2. The number of benzene rings is 2. The first-order chi connectivity index (χ1) is 17.5. The Bertz CT molecular complexity index is 1220. The van der Waals surface area contributed by atoms with Crippen LogP contribution in [0.2, 0.25) is 0 Å². The van der Waals surface area contributed by atoms with Crippen molar-refractivity contribution < 1.29 is 33.0 Å². The third-order valence-electron chi connectivity index (χ3n) is 5.43. The van der Waals surface area contributed by atoms with Crippen molar-refractivity contribution in [3.8, 4) is 5.75 Å². The van der Waals surface area contributed by atoms with Crippen LogP contribution in [0.25, 0.3) is 6.08 Å². The van der Waals surface area contributed by atoms with E-state index >= 15 is 0 Å². The van der Waals surface area contributed by atoms with E-state index < -0.39 is 28.5 Å². The van der Waals surface area contributed by atoms with Crippen LogP contribution in [-0.2, 0) is 26.2 Å². The molecule has 0 saturated carbocycles. The number of methoxy groups -OCH3 is 1. The van der Waals surface area contributed by atoms with E-state index in [0.29, 0.717) is 17.0 Å². The predicted molar refractivity (Wildman–Crippen MR) is 155 cm³/mol. The SMILES string of the molecule is CCCC/C=C\c1c(C)cc(CN(CC(=O)O)S(=O)(=O)c2ccc(OC)cc2)cc1N(CC(=O)O)SI. The van der Waals surface area contributed by atoms with Gasteiger partial charge in [-0.3, -0.25) is 13.9 Å². The van der Waals surface area contributed by atoms with Gasteiger partial charge in [0.15, 0.2) is 0 Å². The van der Waals surface area contributed by atoms with Gasteiger partial charge in [-0.2, -0.15) is 4.31 Å². The minimum Gasteiger partial charge on any atom is -0.497 e. The van der Waals surface area contributed by atoms with E-state index in [-0.39, 0.29) is 18.0 Å². The van der Waals surface area contributed by atoms with Crippen molar-refractivity contribution in [3.05, 3.63) is 59.2 Å². The van der Waals surface area contributed by atoms with Crippen LogP contribution in [0.5, 0.6) is 5.75 Å². The third kappa shape index (κ3) is 8.90. The second-order valence-corrected chi connectivity index (χ2v) is 11.9. The first-order valence-corrected chi connectivity index (χ1v) is 16.2. The van der Waals surface area contributed by atoms with Gasteiger partial charge in [0.05, 0.1) is 17.7 Å². The average Bonchev–Trinajstić information content (AvgIpc) is 2.85. The molecule has 37 heavy (non-hydrogen) atoms. The topological polar surface area (TPSA) is 124 Å². The molecule has 202 valence electrons. The number of carboxylic acid groups (broad SMARTS) is 2. The fourth-order valence-corrected chi connectivity index (χ4v) is 6.45. The molecule has 0 unspecified atom stereocenters. The molecule has 0 aliphatic heterocycles. The van der Waals surface area contributed by atoms with Gasteiger partial charge in [-0.15, -0.1) is 0 Å². The second kappa shape index (κ2) is 14.6. The van der Waals surface area contributed by atoms with Crippen LogP contribution in [0.1, 0.15) is 42.9 Å². The first kappa shape index (κ1) is 30.9. The molecular weight excluding hydrogens is 631 g/mol. The molecule has 9 nitrogen and oxygen atoms in total. The lowest BCUT2D eigenvalue weighted by Gasteiger charge is -2.25. The highest BCUT2D eigenvalue weighted by atomic mass is 127. The molecule has 0 amide bonds. The summed E-state index contributed by atoms with van der Waals surface area (Å²) in [6.45, 7) is 2.75. The van der Waals surface area contributed by atoms with Gasteiger partial charge in [-0.05, 0) is 54.8 Å². The molecule has 2 aromatic rings. The summed E-state index contributed by atoms with van der Waals surface area (Å²) in [4.78, 5) is 23.1. The molecule has 0 saturated heterocycles. The van der Waals surface area contributed by atoms with E-state index in [1.165, 1.54) is 40.5 Å². The van der Waals surface area contributed by atoms with Crippen molar-refractivity contribution in [2.45, 2.75) is 44.6 Å². The summed E-state index contributed by atoms with van der Waals surface area (Å²) in [7, 11) is -1.48. The fourth-order valence-electron chi connectivity index (χ4n) is 3.64. The number of carbonyl (C=O) groups is 2. The summed E-state index contributed by atoms with van der Waals surface area (Å²) in [6, 6.07) is 9.25. The molecule has 0 heterocycles. The molecule has 2 N–H and O–H groups in total. The average molecular weight is 663 g/mol. The van der Waals surface area contributed by atoms with Crippen LogP contribution >= 0.6 is 30.3 Å². The maximum atomic E-state index is 13.4. The Morgan fingerprint density at radius 2 is 1.76 bits per heavy atom. The molecule has 2 rings (SSSR count). The quantitative estimate of drug-likeness (QED) is 0.147. The van der Waals surface area contributed by atoms with Crippen molar-refractivity contribution >= 4 is 64.1 Å². The van der Waals surface area contributed by atoms with Crippen LogP contribution < -0.4 is 9.04 Å². The molecule has 0 bridgehead atoms. The maximum Gasteiger partial charge on any atom is 0.324 e. The Balaban J connectivity index is 2.55. The number of allylic oxidation sites excluding steroid dienone is 1. The zero-order valence-electron chi connectivity index (χ0n) is 20.9. The zero-order valence-corrected chi connectivity index (χ0v) is 24.7. The lowest BCUT2D eigenvalue weighted by atomic mass is 10.0. The van der Waals surface area contributed by atoms with Crippen LogP contribution in [0, 0.1) is 6.92 Å². The fraction of sp³-hybridized carbons (Fsp3) is 0.360. The maximum absolute atomic E-state index is 13.4. The molecule has 12 heteroatoms. The van der Waals surface area contributed by atoms with Gasteiger partial charge < -0.3 is 14.9 Å². The summed E-state index contributed by atoms with van der Waals surface area (Å²) in [6.07, 6.45) is 6.94. The Morgan fingerprint density at radius 3 is 2.30 bits per heavy atom. The van der Waals surface area contributed by atoms with Crippen molar-refractivity contribution in [3.63, 3.8) is 0 Å². The van der Waals surface area contributed by atoms with Gasteiger partial charge in [0.2, 0.25) is 10.0 Å². The minimum absolute atomic E-state index is 0.0581. The largest absolute Gasteiger partial charge is 0.497 e. The van der Waals surface area contributed by atoms with E-state index in [1.807, 2.05) is 40.3 Å². The molecule has 0 atom stereocenters. The number of unbranched alkanes of at least 4 members (excludes halogenated alkanes) is 2. The summed E-state index contributed by atoms with van der Waals surface area (Å²) in [5.41, 5.74) is 2.80. The standard InChI is InChI=1S/C25H31IN2O7S2/c1-4-5-6-7-8-22-18(2)13-19(14-23(22)28(36-26)17-25(31)32)15-27(16-24(29)30)37(33,34)21-11-9-20(35-3)10-12-21/h7-14H,4-6,15-17H2,1-3H3,(H,29,30)(H,31,32)/b8-7-. The van der Waals surface area contributed by atoms with Gasteiger partial charge in [-0.25, -0.2) is 8.42 Å². The van der Waals surface area contributed by atoms with Gasteiger partial charge in [0, 0.05) is 42.4 Å². The Kier molecular flexibility index (Phi) is 12.2. The van der Waals surface area contributed by atoms with Crippen molar-refractivity contribution in [2.75, 3.05) is 24.5 Å². The zero-order chi connectivity index (χ0) is 27.6. The smallest absolute Gasteiger partial charge is 0.324 e. The molecule has 0 spiro atoms. The Labute approximate surface area is 234 Å². The number of hydrogen-bond donors (Lipinski definition) is 2. The summed E-state index contributed by atoms with van der Waals surface area (Å²) in [5.74, 6) is -1.83. The van der Waals surface area contributed by atoms with Crippen molar-refractivity contribution in [2.24, 2.45) is 0 Å². The number of anilines is 1. The normalized spacial score (nSPS) is 11.7. The number of sulfonamides is 1. The molecule has 0 radical (unpaired) electrons. The first-order valence-electron chi connectivity index (χ1n) is 11.5. The molecular formula is C25H31IN2O7S2. The van der Waals surface area contributed by atoms with Crippen LogP contribution in [0.3, 0.4) is 0 Å². The molecule has 2 aromatic carbocycles. The summed E-state index contributed by atoms with van der Waals surface area (Å²) < 4.78 is 34.3. The number of carboxylic acids is 2. The van der Waals surface area contributed by atoms with Crippen LogP contribution in [0.15, 0.2) is 47.4 Å². The van der Waals surface area contributed by atoms with E-state index in [1.54, 1.807) is 16.4 Å². The second-order valence-electron chi connectivity index (χ2n) is 8.23. The minimum atomic E-state index is -4.15. The summed E-state index contributed by atoms with van der Waals surface area (Å²) >= 11 is 2.01. The van der Waals surface area contributed by atoms with Gasteiger partial charge in [0.1, 0.15) is 18.8 Å². The van der Waals surface area contributed by atoms with Gasteiger partial charge in [-0.1, -0.05) is 38.0 Å². The highest BCUT2D eigenvalue weighted by Crippen LogP contribution is 2.35. The Hall–Kier alpha value is -2.29. The molecule has 0 aliphatic carbocycles. The molecule has 0 aromatic heterocycles. The monoisotopic (exact) mass is 662 g/mol. The number of aliphatic carboxylic acids is 2. The van der Waals surface area contributed by atoms with Crippen molar-refractivity contribution in [1.82, 2.24) is 4.31 Å². The third-order valence-corrected chi connectivity index (χ3v) is 9.16. The van der Waals surface area contributed by atoms with Crippen LogP contribution in [-0.4, -0.2) is 55.1 Å². The number of halogens is 1. The highest BCUT2D eigenvalue weighted by Gasteiger charge is 2.28. The van der Waals surface area contributed by atoms with Crippen LogP contribution in [0.4, 0.5) is 5.69 Å². The number of hydrogen-bond acceptors (Lipinski definition) is 7. The lowest BCUT2D eigenvalue weighted by molar-refractivity contribution is -0.137. The molecule has 0 fully saturated rings. The van der Waals surface area contributed by atoms with E-state index in [4.69, 9.17) is 4.74 Å². The predicted octanol–water partition coefficient (Wildman–Crippen LogP) is 5.37. The van der Waals surface area contributed by atoms with Gasteiger partial charge >= 0.3 is 11.9 Å². The highest BCUT2D eigenvalue weighted by molar-refractivity contribution is 14.2. The van der Waals surface area contributed by atoms with E-state index in [2.05, 4.69) is 6.92 Å². The van der Waals surface area contributed by atoms with E-state index in [0.717, 1.165) is 34.7 Å².